The Labute approximate surface area is 136 Å². The van der Waals surface area contributed by atoms with Gasteiger partial charge in [-0.25, -0.2) is 4.79 Å². The van der Waals surface area contributed by atoms with E-state index in [9.17, 15) is 4.79 Å². The number of carbonyl (C=O) groups is 1. The summed E-state index contributed by atoms with van der Waals surface area (Å²) < 4.78 is 10.4. The van der Waals surface area contributed by atoms with E-state index in [0.717, 1.165) is 32.2 Å². The number of hydrogen-bond donors (Lipinski definition) is 1. The number of unbranched alkanes of at least 4 members (excludes halogenated alkanes) is 5. The van der Waals surface area contributed by atoms with Crippen molar-refractivity contribution >= 4 is 6.16 Å². The van der Waals surface area contributed by atoms with Gasteiger partial charge in [0.1, 0.15) is 6.10 Å². The SMILES string of the molecule is CCCCCCCC[C@@H](CCO)OC(=O)OCCCN(C)C. The van der Waals surface area contributed by atoms with E-state index < -0.39 is 6.16 Å². The summed E-state index contributed by atoms with van der Waals surface area (Å²) in [4.78, 5) is 13.7. The number of rotatable bonds is 14. The van der Waals surface area contributed by atoms with E-state index in [1.54, 1.807) is 0 Å². The van der Waals surface area contributed by atoms with Crippen LogP contribution in [0.15, 0.2) is 0 Å². The molecule has 0 rings (SSSR count). The Morgan fingerprint density at radius 2 is 1.73 bits per heavy atom. The van der Waals surface area contributed by atoms with Gasteiger partial charge in [0, 0.05) is 19.6 Å². The smallest absolute Gasteiger partial charge is 0.434 e. The van der Waals surface area contributed by atoms with Crippen molar-refractivity contribution in [2.24, 2.45) is 0 Å². The second kappa shape index (κ2) is 15.1. The molecule has 0 radical (unpaired) electrons. The molecule has 22 heavy (non-hydrogen) atoms. The number of carbonyl (C=O) groups excluding carboxylic acids is 1. The van der Waals surface area contributed by atoms with Gasteiger partial charge in [-0.05, 0) is 33.4 Å². The molecule has 0 amide bonds. The molecule has 0 heterocycles. The summed E-state index contributed by atoms with van der Waals surface area (Å²) in [6, 6.07) is 0. The third-order valence-electron chi connectivity index (χ3n) is 3.56. The van der Waals surface area contributed by atoms with Gasteiger partial charge < -0.3 is 19.5 Å². The molecule has 0 aromatic rings. The van der Waals surface area contributed by atoms with E-state index >= 15 is 0 Å². The van der Waals surface area contributed by atoms with Crippen molar-refractivity contribution in [2.75, 3.05) is 33.9 Å². The van der Waals surface area contributed by atoms with Crippen molar-refractivity contribution < 1.29 is 19.4 Å². The van der Waals surface area contributed by atoms with Crippen LogP contribution in [0.2, 0.25) is 0 Å². The lowest BCUT2D eigenvalue weighted by atomic mass is 10.1. The minimum absolute atomic E-state index is 0.0361. The van der Waals surface area contributed by atoms with Crippen LogP contribution in [0, 0.1) is 0 Å². The molecule has 0 saturated carbocycles. The largest absolute Gasteiger partial charge is 0.508 e. The van der Waals surface area contributed by atoms with Crippen LogP contribution in [0.4, 0.5) is 4.79 Å². The molecule has 0 aliphatic carbocycles. The van der Waals surface area contributed by atoms with Gasteiger partial charge in [0.05, 0.1) is 6.61 Å². The molecule has 0 spiro atoms. The van der Waals surface area contributed by atoms with Crippen LogP contribution in [-0.4, -0.2) is 56.1 Å². The molecule has 0 aliphatic heterocycles. The molecule has 132 valence electrons. The van der Waals surface area contributed by atoms with Gasteiger partial charge in [0.2, 0.25) is 0 Å². The minimum Gasteiger partial charge on any atom is -0.434 e. The van der Waals surface area contributed by atoms with E-state index in [-0.39, 0.29) is 12.7 Å². The third kappa shape index (κ3) is 14.1. The molecule has 0 bridgehead atoms. The predicted molar refractivity (Wildman–Crippen MR) is 89.1 cm³/mol. The van der Waals surface area contributed by atoms with E-state index in [1.807, 2.05) is 19.0 Å². The predicted octanol–water partition coefficient (Wildman–Crippen LogP) is 3.59. The average molecular weight is 317 g/mol. The normalized spacial score (nSPS) is 12.4. The molecule has 0 aromatic carbocycles. The number of aliphatic hydroxyl groups excluding tert-OH is 1. The maximum absolute atomic E-state index is 11.6. The Kier molecular flexibility index (Phi) is 14.5. The van der Waals surface area contributed by atoms with Crippen molar-refractivity contribution in [1.82, 2.24) is 4.90 Å². The van der Waals surface area contributed by atoms with Gasteiger partial charge in [-0.2, -0.15) is 0 Å². The average Bonchev–Trinajstić information content (AvgIpc) is 2.47. The first-order chi connectivity index (χ1) is 10.6. The van der Waals surface area contributed by atoms with Crippen LogP contribution in [0.25, 0.3) is 0 Å². The van der Waals surface area contributed by atoms with Gasteiger partial charge >= 0.3 is 6.16 Å². The fourth-order valence-electron chi connectivity index (χ4n) is 2.26. The lowest BCUT2D eigenvalue weighted by Gasteiger charge is -2.17. The fourth-order valence-corrected chi connectivity index (χ4v) is 2.26. The van der Waals surface area contributed by atoms with E-state index in [2.05, 4.69) is 6.92 Å². The minimum atomic E-state index is -0.608. The number of hydrogen-bond acceptors (Lipinski definition) is 5. The molecular formula is C17H35NO4. The van der Waals surface area contributed by atoms with Crippen LogP contribution < -0.4 is 0 Å². The number of aliphatic hydroxyl groups is 1. The van der Waals surface area contributed by atoms with Crippen LogP contribution in [0.3, 0.4) is 0 Å². The Bertz CT molecular complexity index is 259. The maximum atomic E-state index is 11.6. The van der Waals surface area contributed by atoms with Crippen LogP contribution >= 0.6 is 0 Å². The van der Waals surface area contributed by atoms with Crippen molar-refractivity contribution in [3.05, 3.63) is 0 Å². The second-order valence-corrected chi connectivity index (χ2v) is 6.06. The zero-order valence-electron chi connectivity index (χ0n) is 14.7. The highest BCUT2D eigenvalue weighted by molar-refractivity contribution is 5.60. The molecule has 5 nitrogen and oxygen atoms in total. The molecule has 0 fully saturated rings. The van der Waals surface area contributed by atoms with Crippen molar-refractivity contribution in [1.29, 1.82) is 0 Å². The van der Waals surface area contributed by atoms with Crippen LogP contribution in [0.1, 0.15) is 64.7 Å². The Morgan fingerprint density at radius 3 is 2.36 bits per heavy atom. The first kappa shape index (κ1) is 21.2. The van der Waals surface area contributed by atoms with E-state index in [1.165, 1.54) is 25.7 Å². The van der Waals surface area contributed by atoms with Crippen LogP contribution in [0.5, 0.6) is 0 Å². The van der Waals surface area contributed by atoms with Gasteiger partial charge in [-0.15, -0.1) is 0 Å². The number of ether oxygens (including phenoxy) is 2. The zero-order chi connectivity index (χ0) is 16.6. The summed E-state index contributed by atoms with van der Waals surface area (Å²) in [5.41, 5.74) is 0. The monoisotopic (exact) mass is 317 g/mol. The maximum Gasteiger partial charge on any atom is 0.508 e. The Balaban J connectivity index is 3.74. The highest BCUT2D eigenvalue weighted by atomic mass is 16.7. The van der Waals surface area contributed by atoms with Crippen molar-refractivity contribution in [3.63, 3.8) is 0 Å². The first-order valence-electron chi connectivity index (χ1n) is 8.69. The summed E-state index contributed by atoms with van der Waals surface area (Å²) in [6.07, 6.45) is 8.48. The second-order valence-electron chi connectivity index (χ2n) is 6.06. The molecule has 0 saturated heterocycles. The highest BCUT2D eigenvalue weighted by Gasteiger charge is 2.14. The lowest BCUT2D eigenvalue weighted by molar-refractivity contribution is 0.0107. The molecule has 1 N–H and O–H groups in total. The quantitative estimate of drug-likeness (QED) is 0.392. The standard InChI is InChI=1S/C17H35NO4/c1-4-5-6-7-8-9-11-16(12-14-19)22-17(20)21-15-10-13-18(2)3/h16,19H,4-15H2,1-3H3/t16-/m0/s1. The van der Waals surface area contributed by atoms with Gasteiger partial charge in [0.25, 0.3) is 0 Å². The van der Waals surface area contributed by atoms with E-state index in [0.29, 0.717) is 13.0 Å². The summed E-state index contributed by atoms with van der Waals surface area (Å²) >= 11 is 0. The molecule has 1 atom stereocenters. The van der Waals surface area contributed by atoms with Crippen LogP contribution in [-0.2, 0) is 9.47 Å². The van der Waals surface area contributed by atoms with E-state index in [4.69, 9.17) is 14.6 Å². The van der Waals surface area contributed by atoms with Gasteiger partial charge in [-0.3, -0.25) is 0 Å². The summed E-state index contributed by atoms with van der Waals surface area (Å²) in [6.45, 7) is 3.49. The zero-order valence-corrected chi connectivity index (χ0v) is 14.7. The molecule has 0 aliphatic rings. The van der Waals surface area contributed by atoms with Crippen molar-refractivity contribution in [3.8, 4) is 0 Å². The van der Waals surface area contributed by atoms with Gasteiger partial charge in [-0.1, -0.05) is 39.0 Å². The summed E-state index contributed by atoms with van der Waals surface area (Å²) in [5, 5.41) is 9.06. The van der Waals surface area contributed by atoms with Crippen molar-refractivity contribution in [2.45, 2.75) is 70.8 Å². The topological polar surface area (TPSA) is 59.0 Å². The third-order valence-corrected chi connectivity index (χ3v) is 3.56. The summed E-state index contributed by atoms with van der Waals surface area (Å²) in [7, 11) is 3.96. The highest BCUT2D eigenvalue weighted by Crippen LogP contribution is 2.13. The molecule has 5 heteroatoms. The molecule has 0 aromatic heterocycles. The molecular weight excluding hydrogens is 282 g/mol. The Morgan fingerprint density at radius 1 is 1.05 bits per heavy atom. The fraction of sp³-hybridized carbons (Fsp3) is 0.941. The molecule has 0 unspecified atom stereocenters. The Hall–Kier alpha value is -0.810. The lowest BCUT2D eigenvalue weighted by Crippen LogP contribution is -2.22. The number of nitrogens with zero attached hydrogens (tertiary/aromatic N) is 1. The first-order valence-corrected chi connectivity index (χ1v) is 8.69. The van der Waals surface area contributed by atoms with Gasteiger partial charge in [0.15, 0.2) is 0 Å². The summed E-state index contributed by atoms with van der Waals surface area (Å²) in [5.74, 6) is 0.